The van der Waals surface area contributed by atoms with Crippen molar-refractivity contribution in [3.05, 3.63) is 65.2 Å². The molecule has 0 radical (unpaired) electrons. The van der Waals surface area contributed by atoms with Crippen molar-refractivity contribution in [1.82, 2.24) is 10.2 Å². The van der Waals surface area contributed by atoms with Crippen molar-refractivity contribution in [2.45, 2.75) is 13.3 Å². The number of aromatic nitrogens is 2. The summed E-state index contributed by atoms with van der Waals surface area (Å²) >= 11 is 1.40. The lowest BCUT2D eigenvalue weighted by atomic mass is 9.99. The molecule has 3 rings (SSSR count). The lowest BCUT2D eigenvalue weighted by Crippen LogP contribution is -2.13. The molecule has 22 heavy (non-hydrogen) atoms. The molecule has 0 atom stereocenters. The molecule has 5 heteroatoms. The van der Waals surface area contributed by atoms with Crippen molar-refractivity contribution in [1.29, 1.82) is 0 Å². The van der Waals surface area contributed by atoms with Gasteiger partial charge in [-0.15, -0.1) is 10.2 Å². The highest BCUT2D eigenvalue weighted by molar-refractivity contribution is 7.15. The zero-order valence-corrected chi connectivity index (χ0v) is 12.9. The van der Waals surface area contributed by atoms with Gasteiger partial charge in [0.1, 0.15) is 5.01 Å². The van der Waals surface area contributed by atoms with E-state index < -0.39 is 0 Å². The summed E-state index contributed by atoms with van der Waals surface area (Å²) in [4.78, 5) is 12.5. The number of nitrogens with zero attached hydrogens (tertiary/aromatic N) is 2. The molecule has 0 spiro atoms. The van der Waals surface area contributed by atoms with E-state index in [-0.39, 0.29) is 5.91 Å². The topological polar surface area (TPSA) is 54.9 Å². The van der Waals surface area contributed by atoms with Crippen molar-refractivity contribution >= 4 is 22.4 Å². The number of hydrogen-bond acceptors (Lipinski definition) is 4. The molecule has 2 aromatic carbocycles. The van der Waals surface area contributed by atoms with Crippen molar-refractivity contribution in [3.8, 4) is 11.1 Å². The van der Waals surface area contributed by atoms with Crippen LogP contribution in [-0.2, 0) is 6.42 Å². The summed E-state index contributed by atoms with van der Waals surface area (Å²) < 4.78 is 0. The molecule has 0 aliphatic heterocycles. The monoisotopic (exact) mass is 309 g/mol. The van der Waals surface area contributed by atoms with Gasteiger partial charge >= 0.3 is 0 Å². The first-order valence-electron chi connectivity index (χ1n) is 7.06. The highest BCUT2D eigenvalue weighted by atomic mass is 32.1. The van der Waals surface area contributed by atoms with Crippen LogP contribution >= 0.6 is 11.3 Å². The third-order valence-electron chi connectivity index (χ3n) is 3.25. The van der Waals surface area contributed by atoms with Gasteiger partial charge in [0.25, 0.3) is 5.91 Å². The number of carbonyl (C=O) groups is 1. The van der Waals surface area contributed by atoms with E-state index in [1.54, 1.807) is 0 Å². The number of aryl methyl sites for hydroxylation is 1. The number of benzene rings is 2. The molecule has 1 N–H and O–H groups in total. The van der Waals surface area contributed by atoms with E-state index in [0.29, 0.717) is 10.7 Å². The van der Waals surface area contributed by atoms with E-state index in [0.717, 1.165) is 22.6 Å². The molecule has 0 bridgehead atoms. The fourth-order valence-electron chi connectivity index (χ4n) is 2.16. The molecule has 1 heterocycles. The van der Waals surface area contributed by atoms with E-state index in [4.69, 9.17) is 0 Å². The number of anilines is 1. The largest absolute Gasteiger partial charge is 0.296 e. The summed E-state index contributed by atoms with van der Waals surface area (Å²) in [7, 11) is 0. The summed E-state index contributed by atoms with van der Waals surface area (Å²) in [6.45, 7) is 2.01. The number of rotatable bonds is 4. The highest BCUT2D eigenvalue weighted by Crippen LogP contribution is 2.25. The third-order valence-corrected chi connectivity index (χ3v) is 4.23. The average Bonchev–Trinajstić information content (AvgIpc) is 3.03. The summed E-state index contributed by atoms with van der Waals surface area (Å²) in [5.74, 6) is -0.168. The van der Waals surface area contributed by atoms with Gasteiger partial charge in [0, 0.05) is 5.56 Å². The third kappa shape index (κ3) is 3.04. The summed E-state index contributed by atoms with van der Waals surface area (Å²) in [6.07, 6.45) is 0.814. The van der Waals surface area contributed by atoms with Crippen molar-refractivity contribution in [2.75, 3.05) is 5.32 Å². The Bertz CT molecular complexity index is 783. The highest BCUT2D eigenvalue weighted by Gasteiger charge is 2.14. The first kappa shape index (κ1) is 14.4. The van der Waals surface area contributed by atoms with Crippen LogP contribution < -0.4 is 5.32 Å². The van der Waals surface area contributed by atoms with Gasteiger partial charge in [-0.25, -0.2) is 0 Å². The first-order chi connectivity index (χ1) is 10.8. The molecule has 1 amide bonds. The lowest BCUT2D eigenvalue weighted by Gasteiger charge is -2.08. The molecular formula is C17H15N3OS. The molecule has 1 aromatic heterocycles. The summed E-state index contributed by atoms with van der Waals surface area (Å²) in [5.41, 5.74) is 2.54. The van der Waals surface area contributed by atoms with E-state index in [9.17, 15) is 4.79 Å². The van der Waals surface area contributed by atoms with Gasteiger partial charge < -0.3 is 0 Å². The fourth-order valence-corrected chi connectivity index (χ4v) is 2.84. The Morgan fingerprint density at radius 2 is 1.77 bits per heavy atom. The minimum Gasteiger partial charge on any atom is -0.296 e. The minimum atomic E-state index is -0.168. The van der Waals surface area contributed by atoms with Crippen LogP contribution in [0.15, 0.2) is 54.6 Å². The van der Waals surface area contributed by atoms with Crippen LogP contribution in [-0.4, -0.2) is 16.1 Å². The Hall–Kier alpha value is -2.53. The van der Waals surface area contributed by atoms with Gasteiger partial charge in [-0.05, 0) is 23.6 Å². The van der Waals surface area contributed by atoms with Crippen molar-refractivity contribution < 1.29 is 4.79 Å². The van der Waals surface area contributed by atoms with Gasteiger partial charge in [0.2, 0.25) is 5.13 Å². The van der Waals surface area contributed by atoms with Crippen LogP contribution in [0.5, 0.6) is 0 Å². The van der Waals surface area contributed by atoms with E-state index in [1.165, 1.54) is 11.3 Å². The molecule has 0 aliphatic carbocycles. The smallest absolute Gasteiger partial charge is 0.258 e. The average molecular weight is 309 g/mol. The maximum atomic E-state index is 12.5. The first-order valence-corrected chi connectivity index (χ1v) is 7.87. The second-order valence-electron chi connectivity index (χ2n) is 4.72. The second kappa shape index (κ2) is 6.49. The van der Waals surface area contributed by atoms with Crippen molar-refractivity contribution in [2.24, 2.45) is 0 Å². The van der Waals surface area contributed by atoms with Crippen LogP contribution in [0.25, 0.3) is 11.1 Å². The maximum Gasteiger partial charge on any atom is 0.258 e. The standard InChI is InChI=1S/C17H15N3OS/c1-2-15-19-20-17(22-15)18-16(21)14-11-7-6-10-13(14)12-8-4-3-5-9-12/h3-11H,2H2,1H3,(H,18,20,21). The van der Waals surface area contributed by atoms with Gasteiger partial charge in [0.05, 0.1) is 0 Å². The quantitative estimate of drug-likeness (QED) is 0.792. The fraction of sp³-hybridized carbons (Fsp3) is 0.118. The van der Waals surface area contributed by atoms with Gasteiger partial charge in [-0.2, -0.15) is 0 Å². The van der Waals surface area contributed by atoms with E-state index in [1.807, 2.05) is 61.5 Å². The predicted molar refractivity (Wildman–Crippen MR) is 89.1 cm³/mol. The van der Waals surface area contributed by atoms with Crippen LogP contribution in [0.3, 0.4) is 0 Å². The Balaban J connectivity index is 1.90. The number of nitrogens with one attached hydrogen (secondary N) is 1. The second-order valence-corrected chi connectivity index (χ2v) is 5.78. The summed E-state index contributed by atoms with van der Waals surface area (Å²) in [6, 6.07) is 17.4. The molecule has 0 saturated heterocycles. The molecule has 0 saturated carbocycles. The Labute approximate surface area is 132 Å². The zero-order chi connectivity index (χ0) is 15.4. The zero-order valence-electron chi connectivity index (χ0n) is 12.1. The van der Waals surface area contributed by atoms with E-state index in [2.05, 4.69) is 15.5 Å². The molecule has 110 valence electrons. The van der Waals surface area contributed by atoms with Gasteiger partial charge in [-0.3, -0.25) is 10.1 Å². The van der Waals surface area contributed by atoms with Gasteiger partial charge in [0.15, 0.2) is 0 Å². The molecule has 3 aromatic rings. The van der Waals surface area contributed by atoms with E-state index >= 15 is 0 Å². The van der Waals surface area contributed by atoms with Gasteiger partial charge in [-0.1, -0.05) is 66.8 Å². The normalized spacial score (nSPS) is 10.4. The Morgan fingerprint density at radius 3 is 2.50 bits per heavy atom. The minimum absolute atomic E-state index is 0.168. The number of carbonyl (C=O) groups excluding carboxylic acids is 1. The lowest BCUT2D eigenvalue weighted by molar-refractivity contribution is 0.102. The maximum absolute atomic E-state index is 12.5. The SMILES string of the molecule is CCc1nnc(NC(=O)c2ccccc2-c2ccccc2)s1. The summed E-state index contributed by atoms with van der Waals surface area (Å²) in [5, 5.41) is 12.3. The predicted octanol–water partition coefficient (Wildman–Crippen LogP) is 4.02. The Morgan fingerprint density at radius 1 is 1.05 bits per heavy atom. The molecule has 4 nitrogen and oxygen atoms in total. The molecular weight excluding hydrogens is 294 g/mol. The van der Waals surface area contributed by atoms with Crippen LogP contribution in [0, 0.1) is 0 Å². The van der Waals surface area contributed by atoms with Crippen LogP contribution in [0.4, 0.5) is 5.13 Å². The molecule has 0 fully saturated rings. The molecule has 0 unspecified atom stereocenters. The molecule has 0 aliphatic rings. The Kier molecular flexibility index (Phi) is 4.25. The van der Waals surface area contributed by atoms with Crippen molar-refractivity contribution in [3.63, 3.8) is 0 Å². The van der Waals surface area contributed by atoms with Crippen LogP contribution in [0.1, 0.15) is 22.3 Å². The van der Waals surface area contributed by atoms with Crippen LogP contribution in [0.2, 0.25) is 0 Å². The number of amides is 1. The number of hydrogen-bond donors (Lipinski definition) is 1.